The summed E-state index contributed by atoms with van der Waals surface area (Å²) >= 11 is 0. The van der Waals surface area contributed by atoms with Crippen molar-refractivity contribution in [1.29, 1.82) is 5.26 Å². The monoisotopic (exact) mass is 538 g/mol. The zero-order chi connectivity index (χ0) is 28.8. The van der Waals surface area contributed by atoms with Gasteiger partial charge < -0.3 is 35.3 Å². The molecular formula is C31H26N2O7. The summed E-state index contributed by atoms with van der Waals surface area (Å²) < 4.78 is 16.1. The molecule has 0 aliphatic carbocycles. The van der Waals surface area contributed by atoms with Crippen LogP contribution in [-0.2, 0) is 9.53 Å². The molecule has 1 unspecified atom stereocenters. The molecule has 0 radical (unpaired) electrons. The minimum Gasteiger partial charge on any atom is -0.508 e. The van der Waals surface area contributed by atoms with Crippen molar-refractivity contribution < 1.29 is 34.3 Å². The Morgan fingerprint density at radius 1 is 0.925 bits per heavy atom. The topological polar surface area (TPSA) is 155 Å². The highest BCUT2D eigenvalue weighted by atomic mass is 16.5. The third-order valence-electron chi connectivity index (χ3n) is 6.18. The smallest absolute Gasteiger partial charge is 0.205 e. The van der Waals surface area contributed by atoms with Crippen LogP contribution in [-0.4, -0.2) is 35.3 Å². The molecule has 1 aliphatic heterocycles. The fourth-order valence-corrected chi connectivity index (χ4v) is 4.23. The molecule has 5 N–H and O–H groups in total. The summed E-state index contributed by atoms with van der Waals surface area (Å²) in [6.07, 6.45) is 6.03. The number of phenolic OH excluding ortho intramolecular Hbond substituents is 3. The number of benzene rings is 3. The first kappa shape index (κ1) is 27.4. The third-order valence-corrected chi connectivity index (χ3v) is 6.18. The van der Waals surface area contributed by atoms with Gasteiger partial charge in [0, 0.05) is 0 Å². The average Bonchev–Trinajstić information content (AvgIpc) is 2.95. The van der Waals surface area contributed by atoms with Gasteiger partial charge in [0.05, 0.1) is 25.7 Å². The standard InChI is InChI=1S/C31H26N2O7/c1-38-27-14-18(6-10-23(27)35)8-12-25(37)30-26(13-9-19-7-11-24(36)28(15-19)39-2)40-31(33)22(17-32)29(30)20-4-3-5-21(34)16-20/h3-16,29,34-36H,33H2,1-2H3. The second kappa shape index (κ2) is 11.8. The van der Waals surface area contributed by atoms with Crippen molar-refractivity contribution >= 4 is 17.9 Å². The normalized spacial score (nSPS) is 15.3. The minimum absolute atomic E-state index is 0.0112. The Balaban J connectivity index is 1.85. The molecule has 0 bridgehead atoms. The molecule has 1 atom stereocenters. The van der Waals surface area contributed by atoms with E-state index in [2.05, 4.69) is 0 Å². The number of hydrogen-bond donors (Lipinski definition) is 4. The van der Waals surface area contributed by atoms with Crippen LogP contribution >= 0.6 is 0 Å². The van der Waals surface area contributed by atoms with E-state index in [1.54, 1.807) is 42.5 Å². The van der Waals surface area contributed by atoms with Crippen molar-refractivity contribution in [3.8, 4) is 34.8 Å². The molecular weight excluding hydrogens is 512 g/mol. The van der Waals surface area contributed by atoms with E-state index in [4.69, 9.17) is 19.9 Å². The molecule has 0 saturated carbocycles. The van der Waals surface area contributed by atoms with Crippen molar-refractivity contribution in [3.05, 3.63) is 112 Å². The Morgan fingerprint density at radius 3 is 2.12 bits per heavy atom. The fourth-order valence-electron chi connectivity index (χ4n) is 4.23. The predicted molar refractivity (Wildman–Crippen MR) is 148 cm³/mol. The maximum absolute atomic E-state index is 13.8. The van der Waals surface area contributed by atoms with Gasteiger partial charge in [0.2, 0.25) is 5.88 Å². The highest BCUT2D eigenvalue weighted by Gasteiger charge is 2.35. The summed E-state index contributed by atoms with van der Waals surface area (Å²) in [7, 11) is 2.84. The Labute approximate surface area is 230 Å². The van der Waals surface area contributed by atoms with Gasteiger partial charge in [-0.15, -0.1) is 0 Å². The lowest BCUT2D eigenvalue weighted by molar-refractivity contribution is -0.111. The molecule has 9 nitrogen and oxygen atoms in total. The number of carbonyl (C=O) groups excluding carboxylic acids is 1. The van der Waals surface area contributed by atoms with E-state index in [-0.39, 0.29) is 51.5 Å². The molecule has 202 valence electrons. The Bertz CT molecular complexity index is 1630. The zero-order valence-electron chi connectivity index (χ0n) is 21.7. The maximum atomic E-state index is 13.8. The summed E-state index contributed by atoms with van der Waals surface area (Å²) in [5.74, 6) is -1.14. The van der Waals surface area contributed by atoms with Crippen LogP contribution in [0.4, 0.5) is 0 Å². The average molecular weight is 539 g/mol. The summed E-state index contributed by atoms with van der Waals surface area (Å²) in [4.78, 5) is 13.8. The number of phenols is 3. The number of allylic oxidation sites excluding steroid dienone is 4. The molecule has 0 aromatic heterocycles. The molecule has 3 aromatic rings. The number of rotatable bonds is 8. The molecule has 1 aliphatic rings. The highest BCUT2D eigenvalue weighted by Crippen LogP contribution is 2.41. The number of ether oxygens (including phenoxy) is 3. The highest BCUT2D eigenvalue weighted by molar-refractivity contribution is 6.09. The van der Waals surface area contributed by atoms with Gasteiger partial charge >= 0.3 is 0 Å². The van der Waals surface area contributed by atoms with Crippen LogP contribution < -0.4 is 15.2 Å². The Kier molecular flexibility index (Phi) is 8.11. The molecule has 0 amide bonds. The first-order valence-electron chi connectivity index (χ1n) is 12.0. The van der Waals surface area contributed by atoms with Gasteiger partial charge in [0.1, 0.15) is 23.2 Å². The Morgan fingerprint density at radius 2 is 1.55 bits per heavy atom. The summed E-state index contributed by atoms with van der Waals surface area (Å²) in [6, 6.07) is 17.6. The van der Waals surface area contributed by atoms with Crippen LogP contribution in [0.3, 0.4) is 0 Å². The SMILES string of the molecule is COc1cc(C=CC(=O)C2=C(C=Cc3ccc(O)c(OC)c3)OC(N)=C(C#N)C2c2cccc(O)c2)ccc1O. The lowest BCUT2D eigenvalue weighted by Crippen LogP contribution is -2.24. The van der Waals surface area contributed by atoms with Gasteiger partial charge in [-0.25, -0.2) is 0 Å². The van der Waals surface area contributed by atoms with Crippen molar-refractivity contribution in [3.63, 3.8) is 0 Å². The van der Waals surface area contributed by atoms with Gasteiger partial charge in [-0.2, -0.15) is 5.26 Å². The number of ketones is 1. The molecule has 9 heteroatoms. The van der Waals surface area contributed by atoms with Crippen LogP contribution in [0, 0.1) is 11.3 Å². The lowest BCUT2D eigenvalue weighted by Gasteiger charge is -2.27. The number of methoxy groups -OCH3 is 2. The van der Waals surface area contributed by atoms with Gasteiger partial charge in [0.15, 0.2) is 28.8 Å². The van der Waals surface area contributed by atoms with E-state index in [1.807, 2.05) is 6.07 Å². The second-order valence-corrected chi connectivity index (χ2v) is 8.69. The van der Waals surface area contributed by atoms with E-state index >= 15 is 0 Å². The largest absolute Gasteiger partial charge is 0.508 e. The zero-order valence-corrected chi connectivity index (χ0v) is 21.7. The van der Waals surface area contributed by atoms with E-state index in [0.717, 1.165) is 0 Å². The summed E-state index contributed by atoms with van der Waals surface area (Å²) in [5, 5.41) is 39.9. The first-order valence-corrected chi connectivity index (χ1v) is 12.0. The van der Waals surface area contributed by atoms with Crippen molar-refractivity contribution in [2.45, 2.75) is 5.92 Å². The Hall–Kier alpha value is -5.62. The number of nitrogens with zero attached hydrogens (tertiary/aromatic N) is 1. The number of hydrogen-bond acceptors (Lipinski definition) is 9. The van der Waals surface area contributed by atoms with Gasteiger partial charge in [-0.3, -0.25) is 4.79 Å². The van der Waals surface area contributed by atoms with Crippen molar-refractivity contribution in [2.75, 3.05) is 14.2 Å². The number of nitriles is 1. The summed E-state index contributed by atoms with van der Waals surface area (Å²) in [5.41, 5.74) is 7.93. The number of carbonyl (C=O) groups is 1. The quantitative estimate of drug-likeness (QED) is 0.294. The van der Waals surface area contributed by atoms with Gasteiger partial charge in [0.25, 0.3) is 0 Å². The number of nitrogens with two attached hydrogens (primary N) is 1. The molecule has 3 aromatic carbocycles. The van der Waals surface area contributed by atoms with Crippen LogP contribution in [0.25, 0.3) is 12.2 Å². The van der Waals surface area contributed by atoms with Crippen LogP contribution in [0.2, 0.25) is 0 Å². The van der Waals surface area contributed by atoms with E-state index in [1.165, 1.54) is 56.7 Å². The van der Waals surface area contributed by atoms with Crippen LogP contribution in [0.15, 0.2) is 95.6 Å². The lowest BCUT2D eigenvalue weighted by atomic mass is 9.80. The molecule has 0 spiro atoms. The van der Waals surface area contributed by atoms with Gasteiger partial charge in [-0.05, 0) is 65.2 Å². The van der Waals surface area contributed by atoms with E-state index in [0.29, 0.717) is 16.7 Å². The molecule has 4 rings (SSSR count). The van der Waals surface area contributed by atoms with Crippen LogP contribution in [0.1, 0.15) is 22.6 Å². The van der Waals surface area contributed by atoms with E-state index in [9.17, 15) is 25.4 Å². The second-order valence-electron chi connectivity index (χ2n) is 8.69. The van der Waals surface area contributed by atoms with Crippen molar-refractivity contribution in [1.82, 2.24) is 0 Å². The minimum atomic E-state index is -0.939. The molecule has 0 fully saturated rings. The van der Waals surface area contributed by atoms with E-state index < -0.39 is 11.7 Å². The third kappa shape index (κ3) is 5.76. The number of aromatic hydroxyl groups is 3. The molecule has 1 heterocycles. The van der Waals surface area contributed by atoms with Crippen molar-refractivity contribution in [2.24, 2.45) is 5.73 Å². The fraction of sp³-hybridized carbons (Fsp3) is 0.0968. The predicted octanol–water partition coefficient (Wildman–Crippen LogP) is 4.88. The summed E-state index contributed by atoms with van der Waals surface area (Å²) in [6.45, 7) is 0. The molecule has 0 saturated heterocycles. The first-order chi connectivity index (χ1) is 19.2. The van der Waals surface area contributed by atoms with Crippen LogP contribution in [0.5, 0.6) is 28.7 Å². The van der Waals surface area contributed by atoms with Gasteiger partial charge in [-0.1, -0.05) is 36.4 Å². The molecule has 40 heavy (non-hydrogen) atoms. The maximum Gasteiger partial charge on any atom is 0.205 e.